The van der Waals surface area contributed by atoms with E-state index >= 15 is 0 Å². The van der Waals surface area contributed by atoms with Crippen molar-refractivity contribution in [3.8, 4) is 0 Å². The van der Waals surface area contributed by atoms with E-state index in [9.17, 15) is 4.79 Å². The van der Waals surface area contributed by atoms with Gasteiger partial charge in [0.2, 0.25) is 0 Å². The zero-order valence-electron chi connectivity index (χ0n) is 11.3. The molecule has 0 amide bonds. The van der Waals surface area contributed by atoms with Crippen LogP contribution in [0.2, 0.25) is 0 Å². The number of unbranched alkanes of at least 4 members (excludes halogenated alkanes) is 8. The van der Waals surface area contributed by atoms with Crippen molar-refractivity contribution >= 4 is 5.97 Å². The van der Waals surface area contributed by atoms with Crippen LogP contribution in [0.1, 0.15) is 77.6 Å². The summed E-state index contributed by atoms with van der Waals surface area (Å²) in [5.74, 6) is -0.680. The Balaban J connectivity index is 3.07. The number of rotatable bonds is 12. The molecule has 0 aromatic rings. The minimum atomic E-state index is -0.680. The van der Waals surface area contributed by atoms with E-state index in [0.717, 1.165) is 19.3 Å². The Kier molecular flexibility index (Phi) is 12.7. The van der Waals surface area contributed by atoms with Crippen molar-refractivity contribution in [3.63, 3.8) is 0 Å². The van der Waals surface area contributed by atoms with Gasteiger partial charge < -0.3 is 5.11 Å². The van der Waals surface area contributed by atoms with Gasteiger partial charge >= 0.3 is 5.97 Å². The quantitative estimate of drug-likeness (QED) is 0.387. The minimum Gasteiger partial charge on any atom is -0.481 e. The summed E-state index contributed by atoms with van der Waals surface area (Å²) >= 11 is 0. The largest absolute Gasteiger partial charge is 0.481 e. The maximum absolute atomic E-state index is 10.3. The lowest BCUT2D eigenvalue weighted by molar-refractivity contribution is -0.137. The molecule has 0 aliphatic rings. The molecule has 0 radical (unpaired) electrons. The molecule has 100 valence electrons. The van der Waals surface area contributed by atoms with E-state index in [4.69, 9.17) is 5.11 Å². The van der Waals surface area contributed by atoms with Crippen molar-refractivity contribution in [1.29, 1.82) is 0 Å². The van der Waals surface area contributed by atoms with Crippen LogP contribution in [-0.2, 0) is 4.79 Å². The van der Waals surface area contributed by atoms with E-state index < -0.39 is 5.97 Å². The number of hydrogen-bond acceptors (Lipinski definition) is 1. The third kappa shape index (κ3) is 15.2. The average Bonchev–Trinajstić information content (AvgIpc) is 2.30. The predicted octanol–water partition coefficient (Wildman–Crippen LogP) is 4.94. The van der Waals surface area contributed by atoms with Gasteiger partial charge in [0.15, 0.2) is 0 Å². The third-order valence-electron chi connectivity index (χ3n) is 2.90. The fourth-order valence-corrected chi connectivity index (χ4v) is 1.82. The molecular formula is C15H28O2. The van der Waals surface area contributed by atoms with Crippen LogP contribution in [0.15, 0.2) is 12.2 Å². The molecule has 0 aliphatic heterocycles. The van der Waals surface area contributed by atoms with E-state index in [-0.39, 0.29) is 0 Å². The van der Waals surface area contributed by atoms with Crippen LogP contribution in [0, 0.1) is 0 Å². The van der Waals surface area contributed by atoms with Gasteiger partial charge in [-0.25, -0.2) is 0 Å². The normalized spacial score (nSPS) is 11.1. The second kappa shape index (κ2) is 13.3. The molecule has 0 unspecified atom stereocenters. The molecule has 0 fully saturated rings. The maximum Gasteiger partial charge on any atom is 0.303 e. The van der Waals surface area contributed by atoms with Crippen molar-refractivity contribution in [2.75, 3.05) is 0 Å². The van der Waals surface area contributed by atoms with Gasteiger partial charge in [0, 0.05) is 6.42 Å². The smallest absolute Gasteiger partial charge is 0.303 e. The van der Waals surface area contributed by atoms with E-state index in [1.54, 1.807) is 0 Å². The summed E-state index contributed by atoms with van der Waals surface area (Å²) in [5, 5.41) is 8.46. The van der Waals surface area contributed by atoms with Crippen LogP contribution in [0.25, 0.3) is 0 Å². The monoisotopic (exact) mass is 240 g/mol. The first-order valence-corrected chi connectivity index (χ1v) is 7.14. The van der Waals surface area contributed by atoms with Gasteiger partial charge in [-0.2, -0.15) is 0 Å². The average molecular weight is 240 g/mol. The second-order valence-electron chi connectivity index (χ2n) is 4.67. The summed E-state index contributed by atoms with van der Waals surface area (Å²) in [6.45, 7) is 2.24. The van der Waals surface area contributed by atoms with E-state index in [1.807, 2.05) is 0 Å². The lowest BCUT2D eigenvalue weighted by Gasteiger charge is -1.97. The standard InChI is InChI=1S/C15H28O2/c1-2-3-4-5-6-7-8-9-10-11-12-13-14-15(16)17/h9-10H,2-8,11-14H2,1H3,(H,16,17)/b10-9-. The molecule has 0 saturated carbocycles. The molecule has 0 saturated heterocycles. The Labute approximate surface area is 106 Å². The lowest BCUT2D eigenvalue weighted by atomic mass is 10.1. The second-order valence-corrected chi connectivity index (χ2v) is 4.67. The molecule has 2 nitrogen and oxygen atoms in total. The van der Waals surface area contributed by atoms with E-state index in [0.29, 0.717) is 6.42 Å². The molecular weight excluding hydrogens is 212 g/mol. The summed E-state index contributed by atoms with van der Waals surface area (Å²) < 4.78 is 0. The van der Waals surface area contributed by atoms with Crippen LogP contribution in [0.4, 0.5) is 0 Å². The highest BCUT2D eigenvalue weighted by molar-refractivity contribution is 5.66. The Morgan fingerprint density at radius 2 is 1.41 bits per heavy atom. The molecule has 1 N–H and O–H groups in total. The SMILES string of the molecule is CCCCCCCC/C=C\CCCCC(=O)O. The van der Waals surface area contributed by atoms with E-state index in [2.05, 4.69) is 19.1 Å². The molecule has 0 aromatic carbocycles. The minimum absolute atomic E-state index is 0.311. The van der Waals surface area contributed by atoms with Gasteiger partial charge in [-0.05, 0) is 32.1 Å². The Bertz CT molecular complexity index is 197. The highest BCUT2D eigenvalue weighted by Crippen LogP contribution is 2.08. The molecule has 0 atom stereocenters. The number of carboxylic acid groups (broad SMARTS) is 1. The third-order valence-corrected chi connectivity index (χ3v) is 2.90. The molecule has 0 bridgehead atoms. The fraction of sp³-hybridized carbons (Fsp3) is 0.800. The molecule has 0 rings (SSSR count). The number of aliphatic carboxylic acids is 1. The first-order valence-electron chi connectivity index (χ1n) is 7.14. The summed E-state index contributed by atoms with van der Waals surface area (Å²) in [6.07, 6.45) is 16.9. The highest BCUT2D eigenvalue weighted by atomic mass is 16.4. The van der Waals surface area contributed by atoms with E-state index in [1.165, 1.54) is 44.9 Å². The topological polar surface area (TPSA) is 37.3 Å². The Hall–Kier alpha value is -0.790. The van der Waals surface area contributed by atoms with Crippen molar-refractivity contribution in [1.82, 2.24) is 0 Å². The van der Waals surface area contributed by atoms with Gasteiger partial charge in [-0.15, -0.1) is 0 Å². The molecule has 0 aromatic heterocycles. The van der Waals surface area contributed by atoms with Crippen LogP contribution in [-0.4, -0.2) is 11.1 Å². The van der Waals surface area contributed by atoms with Gasteiger partial charge in [0.25, 0.3) is 0 Å². The first kappa shape index (κ1) is 16.2. The fourth-order valence-electron chi connectivity index (χ4n) is 1.82. The van der Waals surface area contributed by atoms with Crippen molar-refractivity contribution in [3.05, 3.63) is 12.2 Å². The van der Waals surface area contributed by atoms with Gasteiger partial charge in [0.05, 0.1) is 0 Å². The summed E-state index contributed by atoms with van der Waals surface area (Å²) in [5.41, 5.74) is 0. The molecule has 0 aliphatic carbocycles. The Morgan fingerprint density at radius 3 is 2.00 bits per heavy atom. The van der Waals surface area contributed by atoms with Crippen molar-refractivity contribution in [2.45, 2.75) is 77.6 Å². The lowest BCUT2D eigenvalue weighted by Crippen LogP contribution is -1.92. The zero-order valence-corrected chi connectivity index (χ0v) is 11.3. The molecule has 2 heteroatoms. The molecule has 0 heterocycles. The van der Waals surface area contributed by atoms with Crippen molar-refractivity contribution < 1.29 is 9.90 Å². The predicted molar refractivity (Wildman–Crippen MR) is 73.2 cm³/mol. The number of carboxylic acids is 1. The summed E-state index contributed by atoms with van der Waals surface area (Å²) in [6, 6.07) is 0. The first-order chi connectivity index (χ1) is 8.27. The maximum atomic E-state index is 10.3. The van der Waals surface area contributed by atoms with Gasteiger partial charge in [-0.1, -0.05) is 51.2 Å². The number of carbonyl (C=O) groups is 1. The summed E-state index contributed by atoms with van der Waals surface area (Å²) in [4.78, 5) is 10.3. The zero-order chi connectivity index (χ0) is 12.8. The van der Waals surface area contributed by atoms with Crippen LogP contribution in [0.3, 0.4) is 0 Å². The highest BCUT2D eigenvalue weighted by Gasteiger charge is 1.94. The number of hydrogen-bond donors (Lipinski definition) is 1. The number of allylic oxidation sites excluding steroid dienone is 2. The summed E-state index contributed by atoms with van der Waals surface area (Å²) in [7, 11) is 0. The van der Waals surface area contributed by atoms with Crippen LogP contribution in [0.5, 0.6) is 0 Å². The Morgan fingerprint density at radius 1 is 0.882 bits per heavy atom. The molecule has 0 spiro atoms. The van der Waals surface area contributed by atoms with Gasteiger partial charge in [-0.3, -0.25) is 4.79 Å². The van der Waals surface area contributed by atoms with Crippen LogP contribution >= 0.6 is 0 Å². The van der Waals surface area contributed by atoms with Crippen LogP contribution < -0.4 is 0 Å². The molecule has 17 heavy (non-hydrogen) atoms. The van der Waals surface area contributed by atoms with Gasteiger partial charge in [0.1, 0.15) is 0 Å². The van der Waals surface area contributed by atoms with Crippen molar-refractivity contribution in [2.24, 2.45) is 0 Å².